The van der Waals surface area contributed by atoms with E-state index in [2.05, 4.69) is 72.5 Å². The normalized spacial score (nSPS) is 11.5. The molecule has 6 aromatic heterocycles. The van der Waals surface area contributed by atoms with Crippen LogP contribution in [0.15, 0.2) is 73.4 Å². The first-order valence-corrected chi connectivity index (χ1v) is 11.1. The molecule has 34 heavy (non-hydrogen) atoms. The molecule has 0 amide bonds. The molecule has 0 aliphatic carbocycles. The van der Waals surface area contributed by atoms with Crippen LogP contribution in [-0.4, -0.2) is 41.2 Å². The molecule has 0 unspecified atom stereocenters. The van der Waals surface area contributed by atoms with E-state index in [4.69, 9.17) is 0 Å². The Hall–Kier alpha value is -4.59. The molecule has 8 heteroatoms. The second-order valence-electron chi connectivity index (χ2n) is 8.47. The summed E-state index contributed by atoms with van der Waals surface area (Å²) in [7, 11) is 0. The van der Waals surface area contributed by atoms with Crippen molar-refractivity contribution in [3.8, 4) is 33.9 Å². The topological polar surface area (TPSA) is 108 Å². The maximum absolute atomic E-state index is 4.59. The summed E-state index contributed by atoms with van der Waals surface area (Å²) < 4.78 is 0. The predicted molar refractivity (Wildman–Crippen MR) is 134 cm³/mol. The zero-order valence-electron chi connectivity index (χ0n) is 18.7. The van der Waals surface area contributed by atoms with Crippen molar-refractivity contribution in [2.45, 2.75) is 19.9 Å². The SMILES string of the molecule is CC(C)Nc1cncc(-c2cnc3n[nH]c(-c4cc5c(-c6ccccn6)nccc5[nH]4)c3c2)c1. The van der Waals surface area contributed by atoms with Crippen molar-refractivity contribution < 1.29 is 0 Å². The van der Waals surface area contributed by atoms with Gasteiger partial charge in [0.25, 0.3) is 0 Å². The van der Waals surface area contributed by atoms with E-state index >= 15 is 0 Å². The summed E-state index contributed by atoms with van der Waals surface area (Å²) >= 11 is 0. The molecule has 0 aliphatic rings. The van der Waals surface area contributed by atoms with Crippen LogP contribution < -0.4 is 5.32 Å². The van der Waals surface area contributed by atoms with Gasteiger partial charge in [-0.2, -0.15) is 5.10 Å². The number of nitrogens with zero attached hydrogens (tertiary/aromatic N) is 5. The van der Waals surface area contributed by atoms with Gasteiger partial charge in [0.05, 0.1) is 28.5 Å². The number of anilines is 1. The minimum absolute atomic E-state index is 0.325. The van der Waals surface area contributed by atoms with Crippen LogP contribution in [0.25, 0.3) is 55.8 Å². The lowest BCUT2D eigenvalue weighted by Crippen LogP contribution is -2.09. The van der Waals surface area contributed by atoms with Gasteiger partial charge in [0.1, 0.15) is 0 Å². The van der Waals surface area contributed by atoms with Gasteiger partial charge in [0, 0.05) is 64.4 Å². The number of hydrogen-bond donors (Lipinski definition) is 3. The first-order valence-electron chi connectivity index (χ1n) is 11.1. The number of H-pyrrole nitrogens is 2. The van der Waals surface area contributed by atoms with E-state index in [1.165, 1.54) is 0 Å². The van der Waals surface area contributed by atoms with Gasteiger partial charge in [-0.1, -0.05) is 6.07 Å². The van der Waals surface area contributed by atoms with Crippen LogP contribution in [0.5, 0.6) is 0 Å². The van der Waals surface area contributed by atoms with Gasteiger partial charge >= 0.3 is 0 Å². The van der Waals surface area contributed by atoms with E-state index < -0.39 is 0 Å². The van der Waals surface area contributed by atoms with E-state index in [0.717, 1.165) is 55.9 Å². The fourth-order valence-corrected chi connectivity index (χ4v) is 4.17. The summed E-state index contributed by atoms with van der Waals surface area (Å²) in [5, 5.41) is 12.9. The largest absolute Gasteiger partial charge is 0.382 e. The number of aromatic nitrogens is 7. The Morgan fingerprint density at radius 3 is 2.62 bits per heavy atom. The summed E-state index contributed by atoms with van der Waals surface area (Å²) in [6.07, 6.45) is 9.08. The molecule has 0 spiro atoms. The smallest absolute Gasteiger partial charge is 0.181 e. The molecule has 0 saturated carbocycles. The Morgan fingerprint density at radius 1 is 0.853 bits per heavy atom. The minimum Gasteiger partial charge on any atom is -0.382 e. The number of aromatic amines is 2. The quantitative estimate of drug-likeness (QED) is 0.325. The fourth-order valence-electron chi connectivity index (χ4n) is 4.17. The molecule has 3 N–H and O–H groups in total. The maximum atomic E-state index is 4.59. The number of rotatable bonds is 5. The van der Waals surface area contributed by atoms with E-state index in [1.54, 1.807) is 12.4 Å². The summed E-state index contributed by atoms with van der Waals surface area (Å²) in [5.74, 6) is 0. The molecule has 6 rings (SSSR count). The molecule has 0 atom stereocenters. The molecule has 166 valence electrons. The van der Waals surface area contributed by atoms with Gasteiger partial charge < -0.3 is 10.3 Å². The van der Waals surface area contributed by atoms with Crippen molar-refractivity contribution in [2.75, 3.05) is 5.32 Å². The highest BCUT2D eigenvalue weighted by molar-refractivity contribution is 5.99. The van der Waals surface area contributed by atoms with Crippen molar-refractivity contribution in [3.05, 3.63) is 73.4 Å². The lowest BCUT2D eigenvalue weighted by atomic mass is 10.1. The molecule has 6 heterocycles. The molecule has 0 bridgehead atoms. The first-order chi connectivity index (χ1) is 16.7. The number of nitrogens with one attached hydrogen (secondary N) is 3. The minimum atomic E-state index is 0.325. The summed E-state index contributed by atoms with van der Waals surface area (Å²) in [4.78, 5) is 21.5. The lowest BCUT2D eigenvalue weighted by Gasteiger charge is -2.10. The second kappa shape index (κ2) is 8.08. The van der Waals surface area contributed by atoms with E-state index in [-0.39, 0.29) is 0 Å². The summed E-state index contributed by atoms with van der Waals surface area (Å²) in [6, 6.07) is 14.4. The molecule has 0 aromatic carbocycles. The van der Waals surface area contributed by atoms with Crippen LogP contribution in [-0.2, 0) is 0 Å². The molecular formula is C26H22N8. The second-order valence-corrected chi connectivity index (χ2v) is 8.47. The van der Waals surface area contributed by atoms with Crippen LogP contribution in [0.1, 0.15) is 13.8 Å². The Labute approximate surface area is 195 Å². The van der Waals surface area contributed by atoms with Crippen LogP contribution in [0.4, 0.5) is 5.69 Å². The van der Waals surface area contributed by atoms with Crippen molar-refractivity contribution in [2.24, 2.45) is 0 Å². The zero-order chi connectivity index (χ0) is 23.1. The average molecular weight is 447 g/mol. The molecule has 0 saturated heterocycles. The average Bonchev–Trinajstić information content (AvgIpc) is 3.48. The number of pyridine rings is 4. The van der Waals surface area contributed by atoms with Gasteiger partial charge in [-0.15, -0.1) is 0 Å². The van der Waals surface area contributed by atoms with Crippen LogP contribution in [0.2, 0.25) is 0 Å². The standard InChI is InChI=1S/C26H22N8/c1-15(2)31-18-9-16(12-27-14-18)17-10-20-25(33-34-26(20)30-13-17)23-11-19-21(32-23)6-8-29-24(19)22-5-3-4-7-28-22/h3-15,31-32H,1-2H3,(H,30,33,34). The van der Waals surface area contributed by atoms with Crippen LogP contribution >= 0.6 is 0 Å². The highest BCUT2D eigenvalue weighted by atomic mass is 15.2. The Balaban J connectivity index is 1.45. The molecule has 8 nitrogen and oxygen atoms in total. The van der Waals surface area contributed by atoms with Gasteiger partial charge in [0.15, 0.2) is 5.65 Å². The van der Waals surface area contributed by atoms with E-state index in [9.17, 15) is 0 Å². The van der Waals surface area contributed by atoms with Crippen LogP contribution in [0.3, 0.4) is 0 Å². The zero-order valence-corrected chi connectivity index (χ0v) is 18.7. The lowest BCUT2D eigenvalue weighted by molar-refractivity contribution is 0.898. The monoisotopic (exact) mass is 446 g/mol. The molecule has 0 aliphatic heterocycles. The van der Waals surface area contributed by atoms with Gasteiger partial charge in [-0.25, -0.2) is 4.98 Å². The molecule has 0 fully saturated rings. The third-order valence-electron chi connectivity index (χ3n) is 5.66. The molecule has 0 radical (unpaired) electrons. The molecule has 6 aromatic rings. The fraction of sp³-hybridized carbons (Fsp3) is 0.115. The van der Waals surface area contributed by atoms with Crippen LogP contribution in [0, 0.1) is 0 Å². The first kappa shape index (κ1) is 20.0. The van der Waals surface area contributed by atoms with Crippen molar-refractivity contribution in [1.29, 1.82) is 0 Å². The Kier molecular flexibility index (Phi) is 4.76. The van der Waals surface area contributed by atoms with Gasteiger partial charge in [-0.05, 0) is 50.2 Å². The van der Waals surface area contributed by atoms with Crippen molar-refractivity contribution in [3.63, 3.8) is 0 Å². The number of hydrogen-bond acceptors (Lipinski definition) is 6. The highest BCUT2D eigenvalue weighted by Gasteiger charge is 2.15. The highest BCUT2D eigenvalue weighted by Crippen LogP contribution is 2.33. The third-order valence-corrected chi connectivity index (χ3v) is 5.66. The predicted octanol–water partition coefficient (Wildman–Crippen LogP) is 5.45. The van der Waals surface area contributed by atoms with Gasteiger partial charge in [0.2, 0.25) is 0 Å². The third kappa shape index (κ3) is 3.55. The van der Waals surface area contributed by atoms with Crippen molar-refractivity contribution in [1.82, 2.24) is 35.1 Å². The van der Waals surface area contributed by atoms with Crippen molar-refractivity contribution >= 4 is 27.6 Å². The Bertz CT molecular complexity index is 1610. The maximum Gasteiger partial charge on any atom is 0.181 e. The Morgan fingerprint density at radius 2 is 1.76 bits per heavy atom. The number of fused-ring (bicyclic) bond motifs is 2. The van der Waals surface area contributed by atoms with E-state index in [0.29, 0.717) is 11.7 Å². The van der Waals surface area contributed by atoms with Gasteiger partial charge in [-0.3, -0.25) is 20.1 Å². The summed E-state index contributed by atoms with van der Waals surface area (Å²) in [6.45, 7) is 4.21. The summed E-state index contributed by atoms with van der Waals surface area (Å²) in [5.41, 5.74) is 8.03. The van der Waals surface area contributed by atoms with E-state index in [1.807, 2.05) is 42.9 Å². The molecular weight excluding hydrogens is 424 g/mol.